The summed E-state index contributed by atoms with van der Waals surface area (Å²) in [4.78, 5) is 14.1. The zero-order chi connectivity index (χ0) is 18.0. The van der Waals surface area contributed by atoms with Crippen molar-refractivity contribution in [2.24, 2.45) is 0 Å². The number of benzene rings is 2. The maximum absolute atomic E-state index is 12.3. The van der Waals surface area contributed by atoms with Crippen LogP contribution >= 0.6 is 0 Å². The number of hydrogen-bond donors (Lipinski definition) is 1. The molecule has 25 heavy (non-hydrogen) atoms. The van der Waals surface area contributed by atoms with E-state index in [1.807, 2.05) is 51.1 Å². The fraction of sp³-hybridized carbons (Fsp3) is 0.381. The smallest absolute Gasteiger partial charge is 0.410 e. The van der Waals surface area contributed by atoms with Crippen LogP contribution < -0.4 is 0 Å². The molecular formula is C21H25NO3. The standard InChI is InChI=1S/C21H25NO3/c1-21(2,3)25-20(24)22-12-11-18-15(13-22)8-6-10-19(18)17-9-5-4-7-16(17)14-23/h4-10,23H,11-14H2,1-3H3. The quantitative estimate of drug-likeness (QED) is 0.894. The van der Waals surface area contributed by atoms with Crippen molar-refractivity contribution in [3.05, 3.63) is 59.2 Å². The third kappa shape index (κ3) is 3.85. The van der Waals surface area contributed by atoms with Gasteiger partial charge < -0.3 is 14.7 Å². The van der Waals surface area contributed by atoms with Crippen molar-refractivity contribution in [3.8, 4) is 11.1 Å². The largest absolute Gasteiger partial charge is 0.444 e. The Morgan fingerprint density at radius 1 is 1.12 bits per heavy atom. The maximum Gasteiger partial charge on any atom is 0.410 e. The Kier molecular flexibility index (Phi) is 4.82. The molecule has 0 aromatic heterocycles. The van der Waals surface area contributed by atoms with Gasteiger partial charge in [0.25, 0.3) is 0 Å². The maximum atomic E-state index is 12.3. The van der Waals surface area contributed by atoms with Crippen LogP contribution in [0.1, 0.15) is 37.5 Å². The molecule has 1 aliphatic heterocycles. The molecule has 0 spiro atoms. The summed E-state index contributed by atoms with van der Waals surface area (Å²) in [6.07, 6.45) is 0.518. The van der Waals surface area contributed by atoms with Gasteiger partial charge in [-0.3, -0.25) is 0 Å². The van der Waals surface area contributed by atoms with E-state index < -0.39 is 5.60 Å². The lowest BCUT2D eigenvalue weighted by Gasteiger charge is -2.32. The van der Waals surface area contributed by atoms with Gasteiger partial charge in [0.05, 0.1) is 6.61 Å². The Morgan fingerprint density at radius 3 is 2.56 bits per heavy atom. The molecule has 2 aromatic carbocycles. The monoisotopic (exact) mass is 339 g/mol. The van der Waals surface area contributed by atoms with Crippen molar-refractivity contribution in [1.82, 2.24) is 4.90 Å². The average Bonchev–Trinajstić information content (AvgIpc) is 2.59. The topological polar surface area (TPSA) is 49.8 Å². The molecule has 0 aliphatic carbocycles. The van der Waals surface area contributed by atoms with Gasteiger partial charge in [0.2, 0.25) is 0 Å². The molecule has 0 radical (unpaired) electrons. The predicted octanol–water partition coefficient (Wildman–Crippen LogP) is 4.14. The number of ether oxygens (including phenoxy) is 1. The number of hydrogen-bond acceptors (Lipinski definition) is 3. The summed E-state index contributed by atoms with van der Waals surface area (Å²) >= 11 is 0. The van der Waals surface area contributed by atoms with E-state index in [9.17, 15) is 9.90 Å². The molecule has 1 aliphatic rings. The zero-order valence-electron chi connectivity index (χ0n) is 15.1. The minimum atomic E-state index is -0.487. The number of aliphatic hydroxyl groups is 1. The third-order valence-corrected chi connectivity index (χ3v) is 4.40. The van der Waals surface area contributed by atoms with Gasteiger partial charge in [-0.25, -0.2) is 4.79 Å². The highest BCUT2D eigenvalue weighted by Crippen LogP contribution is 2.32. The van der Waals surface area contributed by atoms with E-state index in [1.54, 1.807) is 4.90 Å². The minimum Gasteiger partial charge on any atom is -0.444 e. The summed E-state index contributed by atoms with van der Waals surface area (Å²) in [5.41, 5.74) is 5.04. The highest BCUT2D eigenvalue weighted by atomic mass is 16.6. The molecule has 132 valence electrons. The molecule has 0 fully saturated rings. The molecule has 0 atom stereocenters. The molecule has 0 saturated carbocycles. The first kappa shape index (κ1) is 17.5. The van der Waals surface area contributed by atoms with Crippen LogP contribution in [0.25, 0.3) is 11.1 Å². The molecular weight excluding hydrogens is 314 g/mol. The first-order valence-electron chi connectivity index (χ1n) is 8.67. The molecule has 1 N–H and O–H groups in total. The van der Waals surface area contributed by atoms with Gasteiger partial charge in [-0.2, -0.15) is 0 Å². The van der Waals surface area contributed by atoms with Gasteiger partial charge in [-0.05, 0) is 55.0 Å². The summed E-state index contributed by atoms with van der Waals surface area (Å²) in [6.45, 7) is 6.86. The molecule has 4 heteroatoms. The minimum absolute atomic E-state index is 0.0177. The molecule has 2 aromatic rings. The lowest BCUT2D eigenvalue weighted by molar-refractivity contribution is 0.0224. The van der Waals surface area contributed by atoms with Gasteiger partial charge in [0.15, 0.2) is 0 Å². The van der Waals surface area contributed by atoms with Gasteiger partial charge in [-0.15, -0.1) is 0 Å². The van der Waals surface area contributed by atoms with Crippen molar-refractivity contribution in [2.75, 3.05) is 6.54 Å². The molecule has 0 saturated heterocycles. The number of carbonyl (C=O) groups excluding carboxylic acids is 1. The molecule has 1 amide bonds. The Labute approximate surface area is 149 Å². The van der Waals surface area contributed by atoms with Crippen molar-refractivity contribution in [1.29, 1.82) is 0 Å². The van der Waals surface area contributed by atoms with Gasteiger partial charge in [0, 0.05) is 13.1 Å². The van der Waals surface area contributed by atoms with Crippen LogP contribution in [-0.2, 0) is 24.3 Å². The Morgan fingerprint density at radius 2 is 1.84 bits per heavy atom. The fourth-order valence-corrected chi connectivity index (χ4v) is 3.27. The van der Waals surface area contributed by atoms with Gasteiger partial charge in [-0.1, -0.05) is 42.5 Å². The van der Waals surface area contributed by atoms with Crippen LogP contribution in [0.5, 0.6) is 0 Å². The van der Waals surface area contributed by atoms with E-state index in [4.69, 9.17) is 4.74 Å². The number of nitrogens with zero attached hydrogens (tertiary/aromatic N) is 1. The van der Waals surface area contributed by atoms with Crippen LogP contribution in [0, 0.1) is 0 Å². The highest BCUT2D eigenvalue weighted by molar-refractivity contribution is 5.74. The summed E-state index contributed by atoms with van der Waals surface area (Å²) in [5, 5.41) is 9.64. The summed E-state index contributed by atoms with van der Waals surface area (Å²) in [6, 6.07) is 14.1. The second-order valence-electron chi connectivity index (χ2n) is 7.41. The Bertz CT molecular complexity index is 777. The first-order valence-corrected chi connectivity index (χ1v) is 8.67. The molecule has 0 bridgehead atoms. The number of carbonyl (C=O) groups is 1. The predicted molar refractivity (Wildman–Crippen MR) is 98.1 cm³/mol. The summed E-state index contributed by atoms with van der Waals surface area (Å²) in [7, 11) is 0. The zero-order valence-corrected chi connectivity index (χ0v) is 15.1. The van der Waals surface area contributed by atoms with E-state index in [-0.39, 0.29) is 12.7 Å². The van der Waals surface area contributed by atoms with Crippen LogP contribution in [0.15, 0.2) is 42.5 Å². The van der Waals surface area contributed by atoms with E-state index in [0.717, 1.165) is 28.7 Å². The van der Waals surface area contributed by atoms with Crippen LogP contribution in [0.4, 0.5) is 4.79 Å². The first-order chi connectivity index (χ1) is 11.9. The van der Waals surface area contributed by atoms with E-state index in [0.29, 0.717) is 13.1 Å². The van der Waals surface area contributed by atoms with Crippen molar-refractivity contribution >= 4 is 6.09 Å². The number of fused-ring (bicyclic) bond motifs is 1. The third-order valence-electron chi connectivity index (χ3n) is 4.40. The second-order valence-corrected chi connectivity index (χ2v) is 7.41. The summed E-state index contributed by atoms with van der Waals surface area (Å²) in [5.74, 6) is 0. The number of amides is 1. The van der Waals surface area contributed by atoms with Crippen molar-refractivity contribution in [3.63, 3.8) is 0 Å². The molecule has 1 heterocycles. The van der Waals surface area contributed by atoms with Gasteiger partial charge >= 0.3 is 6.09 Å². The van der Waals surface area contributed by atoms with E-state index in [1.165, 1.54) is 5.56 Å². The fourth-order valence-electron chi connectivity index (χ4n) is 3.27. The number of aliphatic hydroxyl groups excluding tert-OH is 1. The normalized spacial score (nSPS) is 14.2. The molecule has 0 unspecified atom stereocenters. The van der Waals surface area contributed by atoms with E-state index >= 15 is 0 Å². The molecule has 4 nitrogen and oxygen atoms in total. The Balaban J connectivity index is 1.90. The van der Waals surface area contributed by atoms with Crippen LogP contribution in [-0.4, -0.2) is 28.2 Å². The average molecular weight is 339 g/mol. The highest BCUT2D eigenvalue weighted by Gasteiger charge is 2.27. The molecule has 3 rings (SSSR count). The van der Waals surface area contributed by atoms with Crippen LogP contribution in [0.2, 0.25) is 0 Å². The Hall–Kier alpha value is -2.33. The number of rotatable bonds is 2. The lowest BCUT2D eigenvalue weighted by Crippen LogP contribution is -2.40. The van der Waals surface area contributed by atoms with E-state index in [2.05, 4.69) is 12.1 Å². The second kappa shape index (κ2) is 6.89. The van der Waals surface area contributed by atoms with Crippen molar-refractivity contribution < 1.29 is 14.6 Å². The summed E-state index contributed by atoms with van der Waals surface area (Å²) < 4.78 is 5.50. The SMILES string of the molecule is CC(C)(C)OC(=O)N1CCc2c(cccc2-c2ccccc2CO)C1. The van der Waals surface area contributed by atoms with Gasteiger partial charge in [0.1, 0.15) is 5.60 Å². The van der Waals surface area contributed by atoms with Crippen LogP contribution in [0.3, 0.4) is 0 Å². The van der Waals surface area contributed by atoms with Crippen molar-refractivity contribution in [2.45, 2.75) is 45.9 Å². The lowest BCUT2D eigenvalue weighted by atomic mass is 9.89.